The van der Waals surface area contributed by atoms with Crippen LogP contribution in [0.2, 0.25) is 0 Å². The average molecular weight is 1340 g/mol. The molecule has 0 spiro atoms. The van der Waals surface area contributed by atoms with E-state index < -0.39 is 261 Å². The SMILES string of the molecule is NC(=O)CCCCC1CCSS1.OC[C@H]1O[C@@H]2O[C@H]3[C@H](O)[C@@H](O)[C@@H](O[C@H]4[C@H](O)[C@@H](O)[C@@H](O[C@H]5[C@H](O)[C@@H](O)[C@@H](O[C@H]6[C@H](O)[C@@H](O)[C@@H](O[C@H]7[C@H](O)[C@@H](O)[C@@H](O[C@H]8[C@H](O)[C@@H](O)[C@@H](O[C@H]1[C@H](O)[C@H]2O)O[C@@H]8CO)O[C@@H]7CO)O[C@@H]6CO)O[C@@H]5CO)O[C@@H]4CO)O[C@@H]3CO. The molecule has 0 radical (unpaired) electrons. The number of rotatable bonds is 12. The molecule has 14 bridgehead atoms. The molecule has 0 aromatic carbocycles. The minimum absolute atomic E-state index is 0.163. The number of ether oxygens (including phenoxy) is 14. The summed E-state index contributed by atoms with van der Waals surface area (Å²) < 4.78 is 79.5. The Morgan fingerprint density at radius 3 is 0.674 bits per heavy atom. The molecule has 36 atom stereocenters. The van der Waals surface area contributed by atoms with E-state index in [-0.39, 0.29) is 5.91 Å². The van der Waals surface area contributed by atoms with Crippen LogP contribution in [-0.2, 0) is 71.1 Å². The molecule has 22 aliphatic heterocycles. The Labute approximate surface area is 514 Å². The number of nitrogens with two attached hydrogens (primary N) is 1. The molecule has 22 saturated heterocycles. The third-order valence-electron chi connectivity index (χ3n) is 16.7. The van der Waals surface area contributed by atoms with Crippen molar-refractivity contribution in [3.63, 3.8) is 0 Å². The van der Waals surface area contributed by atoms with Gasteiger partial charge in [0.15, 0.2) is 44.0 Å². The summed E-state index contributed by atoms with van der Waals surface area (Å²) in [5.41, 5.74) is 5.04. The van der Waals surface area contributed by atoms with Crippen LogP contribution in [0.25, 0.3) is 0 Å². The number of hydrogen-bond donors (Lipinski definition) is 22. The summed E-state index contributed by atoms with van der Waals surface area (Å²) in [6, 6.07) is 0. The van der Waals surface area contributed by atoms with Gasteiger partial charge in [0.05, 0.1) is 46.2 Å². The molecule has 22 rings (SSSR count). The van der Waals surface area contributed by atoms with Gasteiger partial charge in [0.2, 0.25) is 5.91 Å². The van der Waals surface area contributed by atoms with Crippen molar-refractivity contribution in [2.24, 2.45) is 5.73 Å². The second kappa shape index (κ2) is 33.1. The first kappa shape index (κ1) is 73.6. The highest BCUT2D eigenvalue weighted by molar-refractivity contribution is 8.77. The summed E-state index contributed by atoms with van der Waals surface area (Å²) in [6.45, 7) is -7.33. The number of unbranched alkanes of at least 4 members (excludes halogenated alkanes) is 1. The molecule has 39 heteroatoms. The Morgan fingerprint density at radius 1 is 0.315 bits per heavy atom. The van der Waals surface area contributed by atoms with Crippen molar-refractivity contribution in [3.05, 3.63) is 0 Å². The van der Waals surface area contributed by atoms with Gasteiger partial charge in [-0.15, -0.1) is 0 Å². The number of carbonyl (C=O) groups excluding carboxylic acids is 1. The van der Waals surface area contributed by atoms with Gasteiger partial charge in [-0.1, -0.05) is 28.0 Å². The molecule has 1 unspecified atom stereocenters. The highest BCUT2D eigenvalue weighted by Gasteiger charge is 2.59. The number of hydrogen-bond acceptors (Lipinski definition) is 38. The van der Waals surface area contributed by atoms with Crippen molar-refractivity contribution < 1.29 is 178 Å². The molecule has 0 aromatic heterocycles. The second-order valence-electron chi connectivity index (χ2n) is 22.7. The van der Waals surface area contributed by atoms with Crippen LogP contribution in [0.4, 0.5) is 0 Å². The molecule has 22 aliphatic rings. The van der Waals surface area contributed by atoms with E-state index in [1.54, 1.807) is 0 Å². The predicted molar refractivity (Wildman–Crippen MR) is 285 cm³/mol. The monoisotopic (exact) mass is 1340 g/mol. The van der Waals surface area contributed by atoms with Gasteiger partial charge in [-0.3, -0.25) is 4.79 Å². The summed E-state index contributed by atoms with van der Waals surface area (Å²) in [5.74, 6) is 1.13. The van der Waals surface area contributed by atoms with E-state index in [0.29, 0.717) is 6.42 Å². The molecule has 0 aromatic rings. The third kappa shape index (κ3) is 16.4. The normalized spacial score (nSPS) is 51.0. The molecular weight excluding hydrogens is 1250 g/mol. The van der Waals surface area contributed by atoms with Gasteiger partial charge in [-0.05, 0) is 19.3 Å². The van der Waals surface area contributed by atoms with Crippen molar-refractivity contribution in [2.75, 3.05) is 52.0 Å². The van der Waals surface area contributed by atoms with Crippen molar-refractivity contribution in [1.29, 1.82) is 0 Å². The molecule has 518 valence electrons. The lowest BCUT2D eigenvalue weighted by Crippen LogP contribution is -2.68. The Bertz CT molecular complexity index is 1780. The van der Waals surface area contributed by atoms with Gasteiger partial charge in [-0.25, -0.2) is 0 Å². The fourth-order valence-corrected chi connectivity index (χ4v) is 14.7. The lowest BCUT2D eigenvalue weighted by atomic mass is 9.95. The lowest BCUT2D eigenvalue weighted by Gasteiger charge is -2.50. The van der Waals surface area contributed by atoms with Crippen LogP contribution in [0.1, 0.15) is 32.1 Å². The van der Waals surface area contributed by atoms with E-state index in [0.717, 1.165) is 18.1 Å². The molecule has 37 nitrogen and oxygen atoms in total. The Hall–Kier alpha value is -1.23. The topological polar surface area (TPSA) is 597 Å². The second-order valence-corrected chi connectivity index (χ2v) is 25.5. The van der Waals surface area contributed by atoms with Gasteiger partial charge < -0.3 is 179 Å². The van der Waals surface area contributed by atoms with Crippen LogP contribution in [-0.4, -0.2) is 385 Å². The van der Waals surface area contributed by atoms with Gasteiger partial charge in [-0.2, -0.15) is 0 Å². The number of carbonyl (C=O) groups is 1. The van der Waals surface area contributed by atoms with Crippen molar-refractivity contribution in [3.8, 4) is 0 Å². The zero-order valence-electron chi connectivity index (χ0n) is 47.4. The maximum Gasteiger partial charge on any atom is 0.217 e. The van der Waals surface area contributed by atoms with Gasteiger partial charge in [0.25, 0.3) is 0 Å². The van der Waals surface area contributed by atoms with E-state index in [9.17, 15) is 112 Å². The largest absolute Gasteiger partial charge is 0.394 e. The number of amides is 1. The first-order valence-electron chi connectivity index (χ1n) is 29.0. The van der Waals surface area contributed by atoms with Crippen molar-refractivity contribution in [2.45, 2.75) is 252 Å². The van der Waals surface area contributed by atoms with E-state index >= 15 is 0 Å². The fourth-order valence-electron chi connectivity index (χ4n) is 11.7. The first-order valence-corrected chi connectivity index (χ1v) is 31.4. The van der Waals surface area contributed by atoms with E-state index in [4.69, 9.17) is 72.0 Å². The van der Waals surface area contributed by atoms with E-state index in [2.05, 4.69) is 0 Å². The number of primary amides is 1. The Morgan fingerprint density at radius 2 is 0.517 bits per heavy atom. The van der Waals surface area contributed by atoms with Gasteiger partial charge in [0, 0.05) is 17.4 Å². The maximum absolute atomic E-state index is 11.3. The fraction of sp³-hybridized carbons (Fsp3) is 0.980. The molecule has 0 saturated carbocycles. The smallest absolute Gasteiger partial charge is 0.217 e. The van der Waals surface area contributed by atoms with Crippen LogP contribution in [0, 0.1) is 0 Å². The van der Waals surface area contributed by atoms with Crippen LogP contribution in [0.15, 0.2) is 0 Å². The van der Waals surface area contributed by atoms with Crippen LogP contribution >= 0.6 is 21.6 Å². The highest BCUT2D eigenvalue weighted by atomic mass is 33.1. The molecule has 22 heterocycles. The summed E-state index contributed by atoms with van der Waals surface area (Å²) in [7, 11) is 3.97. The average Bonchev–Trinajstić information content (AvgIpc) is 1.28. The van der Waals surface area contributed by atoms with Gasteiger partial charge >= 0.3 is 0 Å². The van der Waals surface area contributed by atoms with Gasteiger partial charge in [0.1, 0.15) is 171 Å². The Balaban J connectivity index is 0.000000763. The summed E-state index contributed by atoms with van der Waals surface area (Å²) >= 11 is 0. The summed E-state index contributed by atoms with van der Waals surface area (Å²) in [6.07, 6.45) is -65.0. The maximum atomic E-state index is 11.3. The minimum atomic E-state index is -2.21. The zero-order chi connectivity index (χ0) is 64.9. The molecule has 89 heavy (non-hydrogen) atoms. The molecule has 22 fully saturated rings. The number of aliphatic hydroxyl groups excluding tert-OH is 21. The third-order valence-corrected chi connectivity index (χ3v) is 19.7. The summed E-state index contributed by atoms with van der Waals surface area (Å²) in [5, 5.41) is 231. The van der Waals surface area contributed by atoms with Crippen LogP contribution in [0.3, 0.4) is 0 Å². The highest BCUT2D eigenvalue weighted by Crippen LogP contribution is 2.41. The van der Waals surface area contributed by atoms with Crippen LogP contribution in [0.5, 0.6) is 0 Å². The molecule has 23 N–H and O–H groups in total. The van der Waals surface area contributed by atoms with Crippen molar-refractivity contribution >= 4 is 27.5 Å². The zero-order valence-corrected chi connectivity index (χ0v) is 49.0. The van der Waals surface area contributed by atoms with E-state index in [1.165, 1.54) is 18.6 Å². The number of aliphatic hydroxyl groups is 21. The summed E-state index contributed by atoms with van der Waals surface area (Å²) in [4.78, 5) is 10.4. The first-order chi connectivity index (χ1) is 42.4. The molecule has 1 amide bonds. The predicted octanol–water partition coefficient (Wildman–Crippen LogP) is -13.0. The molecule has 0 aliphatic carbocycles. The Kier molecular flexibility index (Phi) is 27.4. The quantitative estimate of drug-likeness (QED) is 0.0637. The molecular formula is C50H85NO36S2. The lowest BCUT2D eigenvalue weighted by molar-refractivity contribution is -0.396. The minimum Gasteiger partial charge on any atom is -0.394 e. The standard InChI is InChI=1S/C42H70O35.C8H15NOS2/c43-1-8-29-15(50)22(57)36(64-8)72-30-9(2-44)66-38(24(59)17(30)52)74-32-11(4-46)68-40(26(61)19(32)54)76-34-13(6-48)70-42(28(63)21(34)56)77-35-14(7-49)69-41(27(62)20(35)55)75-33-12(5-47)67-39(25(60)18(33)53)73-31-10(3-45)65-37(71-29)23(58)16(31)51;9-8(10)4-2-1-3-7-5-6-11-12-7/h8-63H,1-7H2;7H,1-6H2,(H2,9,10)/t8-,9-,10-,11-,12-,13-,14-,15-,16-,17-,18-,19-,20-,21-,22-,23-,24-,25-,26-,27-,28-,29-,30-,31-,32-,33-,34-,35-,36-,37-,38-,39-,40-,41-,42-;/m1./s1. The van der Waals surface area contributed by atoms with Crippen molar-refractivity contribution in [1.82, 2.24) is 0 Å². The van der Waals surface area contributed by atoms with Crippen LogP contribution < -0.4 is 5.73 Å². The van der Waals surface area contributed by atoms with E-state index in [1.807, 2.05) is 21.6 Å².